The molecule has 5 nitrogen and oxygen atoms in total. The van der Waals surface area contributed by atoms with Crippen LogP contribution in [0.2, 0.25) is 0 Å². The van der Waals surface area contributed by atoms with Crippen LogP contribution < -0.4 is 10.6 Å². The molecule has 15 heavy (non-hydrogen) atoms. The van der Waals surface area contributed by atoms with Crippen molar-refractivity contribution in [1.82, 2.24) is 9.97 Å². The molecule has 0 bridgehead atoms. The molecule has 0 aliphatic rings. The molecule has 1 rings (SSSR count). The number of nitrogens with two attached hydrogens (primary N) is 1. The van der Waals surface area contributed by atoms with Crippen LogP contribution >= 0.6 is 0 Å². The van der Waals surface area contributed by atoms with E-state index in [0.29, 0.717) is 13.2 Å². The summed E-state index contributed by atoms with van der Waals surface area (Å²) in [6, 6.07) is 1.90. The molecule has 1 aromatic heterocycles. The summed E-state index contributed by atoms with van der Waals surface area (Å²) in [6.45, 7) is 3.10. The lowest BCUT2D eigenvalue weighted by atomic mass is 10.3. The van der Waals surface area contributed by atoms with Crippen molar-refractivity contribution in [2.45, 2.75) is 6.42 Å². The third kappa shape index (κ3) is 4.22. The monoisotopic (exact) mass is 210 g/mol. The molecule has 0 aliphatic carbocycles. The van der Waals surface area contributed by atoms with E-state index in [-0.39, 0.29) is 0 Å². The maximum absolute atomic E-state index is 5.49. The molecule has 0 unspecified atom stereocenters. The Morgan fingerprint density at radius 1 is 1.47 bits per heavy atom. The second-order valence-corrected chi connectivity index (χ2v) is 3.19. The van der Waals surface area contributed by atoms with E-state index in [1.54, 1.807) is 19.6 Å². The fourth-order valence-electron chi connectivity index (χ4n) is 1.30. The molecule has 0 atom stereocenters. The summed E-state index contributed by atoms with van der Waals surface area (Å²) in [5.41, 5.74) is 5.49. The Morgan fingerprint density at radius 2 is 2.33 bits per heavy atom. The van der Waals surface area contributed by atoms with Gasteiger partial charge in [0, 0.05) is 26.4 Å². The van der Waals surface area contributed by atoms with Crippen molar-refractivity contribution in [2.24, 2.45) is 5.73 Å². The predicted molar refractivity (Wildman–Crippen MR) is 59.8 cm³/mol. The minimum Gasteiger partial charge on any atom is -0.383 e. The van der Waals surface area contributed by atoms with Gasteiger partial charge in [-0.2, -0.15) is 0 Å². The van der Waals surface area contributed by atoms with Gasteiger partial charge in [-0.1, -0.05) is 0 Å². The quantitative estimate of drug-likeness (QED) is 0.700. The van der Waals surface area contributed by atoms with Crippen molar-refractivity contribution < 1.29 is 4.74 Å². The molecule has 0 radical (unpaired) electrons. The van der Waals surface area contributed by atoms with Crippen molar-refractivity contribution >= 4 is 5.82 Å². The highest BCUT2D eigenvalue weighted by molar-refractivity contribution is 5.36. The maximum Gasteiger partial charge on any atom is 0.131 e. The SMILES string of the molecule is COCCN(CCCN)c1ccncn1. The number of aromatic nitrogens is 2. The lowest BCUT2D eigenvalue weighted by Crippen LogP contribution is -2.30. The third-order valence-corrected chi connectivity index (χ3v) is 2.09. The van der Waals surface area contributed by atoms with Crippen molar-refractivity contribution in [1.29, 1.82) is 0 Å². The smallest absolute Gasteiger partial charge is 0.131 e. The van der Waals surface area contributed by atoms with Gasteiger partial charge in [0.05, 0.1) is 6.61 Å². The average molecular weight is 210 g/mol. The van der Waals surface area contributed by atoms with Gasteiger partial charge in [0.25, 0.3) is 0 Å². The second kappa shape index (κ2) is 7.14. The summed E-state index contributed by atoms with van der Waals surface area (Å²) in [4.78, 5) is 10.2. The van der Waals surface area contributed by atoms with Crippen molar-refractivity contribution in [3.8, 4) is 0 Å². The number of ether oxygens (including phenoxy) is 1. The molecular weight excluding hydrogens is 192 g/mol. The number of methoxy groups -OCH3 is 1. The van der Waals surface area contributed by atoms with Crippen molar-refractivity contribution in [2.75, 3.05) is 38.3 Å². The van der Waals surface area contributed by atoms with Crippen LogP contribution in [0, 0.1) is 0 Å². The van der Waals surface area contributed by atoms with Crippen LogP contribution in [-0.4, -0.2) is 43.3 Å². The van der Waals surface area contributed by atoms with E-state index in [2.05, 4.69) is 14.9 Å². The number of hydrogen-bond donors (Lipinski definition) is 1. The van der Waals surface area contributed by atoms with Crippen LogP contribution in [0.5, 0.6) is 0 Å². The van der Waals surface area contributed by atoms with E-state index in [1.165, 1.54) is 0 Å². The van der Waals surface area contributed by atoms with Gasteiger partial charge in [0.1, 0.15) is 12.1 Å². The van der Waals surface area contributed by atoms with E-state index >= 15 is 0 Å². The number of anilines is 1. The Hall–Kier alpha value is -1.20. The van der Waals surface area contributed by atoms with Gasteiger partial charge in [0.2, 0.25) is 0 Å². The van der Waals surface area contributed by atoms with Gasteiger partial charge in [-0.3, -0.25) is 0 Å². The molecule has 5 heteroatoms. The van der Waals surface area contributed by atoms with Gasteiger partial charge in [-0.25, -0.2) is 9.97 Å². The molecule has 0 spiro atoms. The summed E-state index contributed by atoms with van der Waals surface area (Å²) < 4.78 is 5.06. The topological polar surface area (TPSA) is 64.3 Å². The van der Waals surface area contributed by atoms with Gasteiger partial charge >= 0.3 is 0 Å². The number of nitrogens with zero attached hydrogens (tertiary/aromatic N) is 3. The summed E-state index contributed by atoms with van der Waals surface area (Å²) in [7, 11) is 1.70. The fourth-order valence-corrected chi connectivity index (χ4v) is 1.30. The van der Waals surface area contributed by atoms with Gasteiger partial charge < -0.3 is 15.4 Å². The molecule has 0 aromatic carbocycles. The minimum atomic E-state index is 0.689. The van der Waals surface area contributed by atoms with Crippen molar-refractivity contribution in [3.05, 3.63) is 18.6 Å². The highest BCUT2D eigenvalue weighted by Gasteiger charge is 2.05. The summed E-state index contributed by atoms with van der Waals surface area (Å²) in [5, 5.41) is 0. The maximum atomic E-state index is 5.49. The van der Waals surface area contributed by atoms with E-state index in [9.17, 15) is 0 Å². The first-order valence-electron chi connectivity index (χ1n) is 5.08. The van der Waals surface area contributed by atoms with Gasteiger partial charge in [-0.15, -0.1) is 0 Å². The predicted octanol–water partition coefficient (Wildman–Crippen LogP) is 0.278. The normalized spacial score (nSPS) is 10.3. The summed E-state index contributed by atoms with van der Waals surface area (Å²) >= 11 is 0. The Labute approximate surface area is 90.3 Å². The van der Waals surface area contributed by atoms with Crippen LogP contribution in [0.1, 0.15) is 6.42 Å². The van der Waals surface area contributed by atoms with Crippen LogP contribution in [0.25, 0.3) is 0 Å². The first-order valence-corrected chi connectivity index (χ1v) is 5.08. The first kappa shape index (κ1) is 11.9. The molecule has 84 valence electrons. The Balaban J connectivity index is 2.55. The van der Waals surface area contributed by atoms with Crippen LogP contribution in [0.15, 0.2) is 18.6 Å². The highest BCUT2D eigenvalue weighted by atomic mass is 16.5. The zero-order chi connectivity index (χ0) is 10.9. The molecule has 1 heterocycles. The Kier molecular flexibility index (Phi) is 5.65. The molecule has 0 aliphatic heterocycles. The largest absolute Gasteiger partial charge is 0.383 e. The molecular formula is C10H18N4O. The average Bonchev–Trinajstić information content (AvgIpc) is 2.30. The van der Waals surface area contributed by atoms with Crippen LogP contribution in [0.3, 0.4) is 0 Å². The van der Waals surface area contributed by atoms with E-state index in [0.717, 1.165) is 25.3 Å². The zero-order valence-corrected chi connectivity index (χ0v) is 9.09. The lowest BCUT2D eigenvalue weighted by Gasteiger charge is -2.22. The minimum absolute atomic E-state index is 0.689. The lowest BCUT2D eigenvalue weighted by molar-refractivity contribution is 0.205. The first-order chi connectivity index (χ1) is 7.38. The van der Waals surface area contributed by atoms with Crippen LogP contribution in [-0.2, 0) is 4.74 Å². The molecule has 0 fully saturated rings. The standard InChI is InChI=1S/C10H18N4O/c1-15-8-7-14(6-2-4-11)10-3-5-12-9-13-10/h3,5,9H,2,4,6-8,11H2,1H3. The van der Waals surface area contributed by atoms with E-state index < -0.39 is 0 Å². The van der Waals surface area contributed by atoms with Crippen molar-refractivity contribution in [3.63, 3.8) is 0 Å². The molecule has 0 saturated heterocycles. The highest BCUT2D eigenvalue weighted by Crippen LogP contribution is 2.07. The van der Waals surface area contributed by atoms with Gasteiger partial charge in [-0.05, 0) is 19.0 Å². The molecule has 0 amide bonds. The zero-order valence-electron chi connectivity index (χ0n) is 9.09. The molecule has 1 aromatic rings. The summed E-state index contributed by atoms with van der Waals surface area (Å²) in [6.07, 6.45) is 4.25. The number of hydrogen-bond acceptors (Lipinski definition) is 5. The number of rotatable bonds is 7. The van der Waals surface area contributed by atoms with Gasteiger partial charge in [0.15, 0.2) is 0 Å². The Bertz CT molecular complexity index is 247. The summed E-state index contributed by atoms with van der Waals surface area (Å²) in [5.74, 6) is 0.926. The van der Waals surface area contributed by atoms with E-state index in [1.807, 2.05) is 6.07 Å². The molecule has 2 N–H and O–H groups in total. The second-order valence-electron chi connectivity index (χ2n) is 3.19. The third-order valence-electron chi connectivity index (χ3n) is 2.09. The Morgan fingerprint density at radius 3 is 2.93 bits per heavy atom. The van der Waals surface area contributed by atoms with E-state index in [4.69, 9.17) is 10.5 Å². The van der Waals surface area contributed by atoms with Crippen LogP contribution in [0.4, 0.5) is 5.82 Å². The molecule has 0 saturated carbocycles. The fraction of sp³-hybridized carbons (Fsp3) is 0.600.